The second kappa shape index (κ2) is 23.0. The molecule has 0 aromatic rings. The third-order valence-corrected chi connectivity index (χ3v) is 5.69. The molecule has 0 saturated heterocycles. The van der Waals surface area contributed by atoms with Gasteiger partial charge < -0.3 is 5.11 Å². The maximum atomic E-state index is 8.73. The van der Waals surface area contributed by atoms with Crippen molar-refractivity contribution in [3.8, 4) is 0 Å². The lowest BCUT2D eigenvalue weighted by atomic mass is 10.0. The van der Waals surface area contributed by atoms with Gasteiger partial charge in [-0.05, 0) is 12.3 Å². The lowest BCUT2D eigenvalue weighted by Gasteiger charge is -2.05. The van der Waals surface area contributed by atoms with Crippen molar-refractivity contribution in [2.45, 2.75) is 149 Å². The Morgan fingerprint density at radius 3 is 0.846 bits per heavy atom. The van der Waals surface area contributed by atoms with Crippen LogP contribution < -0.4 is 0 Å². The first-order chi connectivity index (χ1) is 12.8. The van der Waals surface area contributed by atoms with Crippen molar-refractivity contribution in [2.75, 3.05) is 6.61 Å². The maximum Gasteiger partial charge on any atom is 0.0431 e. The minimum absolute atomic E-state index is 0.374. The average Bonchev–Trinajstić information content (AvgIpc) is 2.62. The predicted molar refractivity (Wildman–Crippen MR) is 119 cm³/mol. The van der Waals surface area contributed by atoms with Gasteiger partial charge in [0.15, 0.2) is 0 Å². The van der Waals surface area contributed by atoms with E-state index in [9.17, 15) is 0 Å². The smallest absolute Gasteiger partial charge is 0.0431 e. The molecule has 0 bridgehead atoms. The summed E-state index contributed by atoms with van der Waals surface area (Å²) >= 11 is 0. The first kappa shape index (κ1) is 26.0. The van der Waals surface area contributed by atoms with Crippen molar-refractivity contribution in [1.29, 1.82) is 0 Å². The van der Waals surface area contributed by atoms with Gasteiger partial charge in [0.25, 0.3) is 0 Å². The van der Waals surface area contributed by atoms with Crippen LogP contribution >= 0.6 is 0 Å². The molecule has 1 nitrogen and oxygen atoms in total. The highest BCUT2D eigenvalue weighted by Gasteiger charge is 1.96. The molecule has 158 valence electrons. The van der Waals surface area contributed by atoms with Gasteiger partial charge >= 0.3 is 0 Å². The molecular weight excluding hydrogens is 316 g/mol. The Balaban J connectivity index is 2.97. The number of unbranched alkanes of at least 4 members (excludes halogenated alkanes) is 19. The Morgan fingerprint density at radius 1 is 0.385 bits per heavy atom. The summed E-state index contributed by atoms with van der Waals surface area (Å²) in [6.07, 6.45) is 29.7. The zero-order valence-corrected chi connectivity index (χ0v) is 18.6. The number of rotatable bonds is 22. The van der Waals surface area contributed by atoms with Gasteiger partial charge in [-0.3, -0.25) is 0 Å². The normalized spacial score (nSPS) is 11.5. The molecule has 0 rings (SSSR count). The first-order valence-corrected chi connectivity index (χ1v) is 12.4. The Kier molecular flexibility index (Phi) is 23.0. The zero-order valence-electron chi connectivity index (χ0n) is 18.6. The van der Waals surface area contributed by atoms with Crippen molar-refractivity contribution in [2.24, 2.45) is 5.92 Å². The summed E-state index contributed by atoms with van der Waals surface area (Å²) in [6, 6.07) is 0. The van der Waals surface area contributed by atoms with Crippen LogP contribution in [0.5, 0.6) is 0 Å². The minimum Gasteiger partial charge on any atom is -0.396 e. The summed E-state index contributed by atoms with van der Waals surface area (Å²) in [7, 11) is 0. The van der Waals surface area contributed by atoms with Crippen molar-refractivity contribution < 1.29 is 5.11 Å². The summed E-state index contributed by atoms with van der Waals surface area (Å²) in [4.78, 5) is 0. The fourth-order valence-corrected chi connectivity index (χ4v) is 3.85. The van der Waals surface area contributed by atoms with Crippen LogP contribution in [0.15, 0.2) is 0 Å². The predicted octanol–water partition coefficient (Wildman–Crippen LogP) is 8.83. The Labute approximate surface area is 166 Å². The Bertz CT molecular complexity index is 236. The molecule has 0 amide bonds. The zero-order chi connectivity index (χ0) is 19.1. The molecule has 0 heterocycles. The summed E-state index contributed by atoms with van der Waals surface area (Å²) in [5.41, 5.74) is 0. The van der Waals surface area contributed by atoms with Gasteiger partial charge in [-0.15, -0.1) is 0 Å². The fourth-order valence-electron chi connectivity index (χ4n) is 3.85. The number of aliphatic hydroxyl groups excluding tert-OH is 1. The van der Waals surface area contributed by atoms with Gasteiger partial charge in [0.2, 0.25) is 0 Å². The molecule has 0 atom stereocenters. The van der Waals surface area contributed by atoms with Gasteiger partial charge in [-0.2, -0.15) is 0 Å². The second-order valence-electron chi connectivity index (χ2n) is 8.98. The van der Waals surface area contributed by atoms with E-state index in [1.807, 2.05) is 0 Å². The van der Waals surface area contributed by atoms with Crippen molar-refractivity contribution in [1.82, 2.24) is 0 Å². The molecule has 0 aliphatic rings. The highest BCUT2D eigenvalue weighted by Crippen LogP contribution is 2.15. The monoisotopic (exact) mass is 368 g/mol. The highest BCUT2D eigenvalue weighted by molar-refractivity contribution is 4.51. The van der Waals surface area contributed by atoms with Crippen LogP contribution in [0.2, 0.25) is 0 Å². The van der Waals surface area contributed by atoms with E-state index in [0.717, 1.165) is 12.3 Å². The van der Waals surface area contributed by atoms with Crippen LogP contribution in [0.1, 0.15) is 149 Å². The molecule has 26 heavy (non-hydrogen) atoms. The Hall–Kier alpha value is -0.0400. The summed E-state index contributed by atoms with van der Waals surface area (Å²) < 4.78 is 0. The van der Waals surface area contributed by atoms with Crippen LogP contribution in [0.3, 0.4) is 0 Å². The van der Waals surface area contributed by atoms with E-state index < -0.39 is 0 Å². The molecule has 0 spiro atoms. The summed E-state index contributed by atoms with van der Waals surface area (Å²) in [6.45, 7) is 5.05. The minimum atomic E-state index is 0.374. The number of hydrogen-bond acceptors (Lipinski definition) is 1. The summed E-state index contributed by atoms with van der Waals surface area (Å²) in [5, 5.41) is 8.73. The van der Waals surface area contributed by atoms with Gasteiger partial charge in [0.05, 0.1) is 0 Å². The van der Waals surface area contributed by atoms with E-state index in [-0.39, 0.29) is 0 Å². The van der Waals surface area contributed by atoms with Gasteiger partial charge in [0.1, 0.15) is 0 Å². The molecule has 1 heteroatoms. The largest absolute Gasteiger partial charge is 0.396 e. The average molecular weight is 369 g/mol. The van der Waals surface area contributed by atoms with E-state index in [4.69, 9.17) is 5.11 Å². The molecule has 1 N–H and O–H groups in total. The van der Waals surface area contributed by atoms with Crippen molar-refractivity contribution >= 4 is 0 Å². The lowest BCUT2D eigenvalue weighted by molar-refractivity contribution is 0.282. The van der Waals surface area contributed by atoms with Crippen LogP contribution in [-0.2, 0) is 0 Å². The standard InChI is InChI=1S/C25H52O/c1-25(2)23-21-19-17-15-13-11-9-7-5-3-4-6-8-10-12-14-16-18-20-22-24-26/h25-26H,3-24H2,1-2H3. The maximum absolute atomic E-state index is 8.73. The van der Waals surface area contributed by atoms with E-state index in [2.05, 4.69) is 13.8 Å². The quantitative estimate of drug-likeness (QED) is 0.189. The molecule has 0 saturated carbocycles. The topological polar surface area (TPSA) is 20.2 Å². The third-order valence-electron chi connectivity index (χ3n) is 5.69. The SMILES string of the molecule is CC(C)CCCCCCCCCCCCCCCCCCCCCCO. The molecule has 0 fully saturated rings. The Morgan fingerprint density at radius 2 is 0.615 bits per heavy atom. The van der Waals surface area contributed by atoms with E-state index in [1.54, 1.807) is 0 Å². The molecule has 0 unspecified atom stereocenters. The molecule has 0 aromatic heterocycles. The van der Waals surface area contributed by atoms with Crippen LogP contribution in [-0.4, -0.2) is 11.7 Å². The van der Waals surface area contributed by atoms with Crippen LogP contribution in [0, 0.1) is 5.92 Å². The van der Waals surface area contributed by atoms with Crippen LogP contribution in [0.4, 0.5) is 0 Å². The molecular formula is C25H52O. The number of aliphatic hydroxyl groups is 1. The first-order valence-electron chi connectivity index (χ1n) is 12.4. The van der Waals surface area contributed by atoms with Crippen molar-refractivity contribution in [3.63, 3.8) is 0 Å². The van der Waals surface area contributed by atoms with Gasteiger partial charge in [-0.25, -0.2) is 0 Å². The lowest BCUT2D eigenvalue weighted by Crippen LogP contribution is -1.87. The van der Waals surface area contributed by atoms with Crippen LogP contribution in [0.25, 0.3) is 0 Å². The third kappa shape index (κ3) is 24.0. The van der Waals surface area contributed by atoms with E-state index >= 15 is 0 Å². The molecule has 0 radical (unpaired) electrons. The van der Waals surface area contributed by atoms with E-state index in [1.165, 1.54) is 128 Å². The number of hydrogen-bond donors (Lipinski definition) is 1. The molecule has 0 aliphatic heterocycles. The fraction of sp³-hybridized carbons (Fsp3) is 1.00. The second-order valence-corrected chi connectivity index (χ2v) is 8.98. The van der Waals surface area contributed by atoms with Gasteiger partial charge in [0, 0.05) is 6.61 Å². The summed E-state index contributed by atoms with van der Waals surface area (Å²) in [5.74, 6) is 0.892. The van der Waals surface area contributed by atoms with Crippen molar-refractivity contribution in [3.05, 3.63) is 0 Å². The highest BCUT2D eigenvalue weighted by atomic mass is 16.2. The van der Waals surface area contributed by atoms with Gasteiger partial charge in [-0.1, -0.05) is 142 Å². The molecule has 0 aliphatic carbocycles. The van der Waals surface area contributed by atoms with E-state index in [0.29, 0.717) is 6.61 Å². The molecule has 0 aromatic carbocycles.